The number of likely N-dealkylation sites (N-methyl/N-ethyl adjacent to an activating group) is 1. The van der Waals surface area contributed by atoms with Crippen molar-refractivity contribution in [2.24, 2.45) is 0 Å². The summed E-state index contributed by atoms with van der Waals surface area (Å²) in [7, 11) is 1.99. The summed E-state index contributed by atoms with van der Waals surface area (Å²) < 4.78 is 13.3. The summed E-state index contributed by atoms with van der Waals surface area (Å²) in [6.07, 6.45) is 4.47. The molecule has 0 aliphatic heterocycles. The fraction of sp³-hybridized carbons (Fsp3) is 0.211. The Morgan fingerprint density at radius 2 is 1.88 bits per heavy atom. The van der Waals surface area contributed by atoms with E-state index in [0.717, 1.165) is 18.8 Å². The molecule has 5 nitrogen and oxygen atoms in total. The minimum atomic E-state index is -0.451. The topological polar surface area (TPSA) is 53.9 Å². The van der Waals surface area contributed by atoms with Crippen LogP contribution in [0.1, 0.15) is 11.4 Å². The summed E-state index contributed by atoms with van der Waals surface area (Å²) >= 11 is 5.83. The number of pyridine rings is 1. The molecular formula is C19H19ClFN5. The van der Waals surface area contributed by atoms with Crippen LogP contribution in [0.5, 0.6) is 0 Å². The summed E-state index contributed by atoms with van der Waals surface area (Å²) in [5.74, 6) is 1.63. The molecule has 2 heterocycles. The van der Waals surface area contributed by atoms with E-state index in [0.29, 0.717) is 17.3 Å². The van der Waals surface area contributed by atoms with Crippen LogP contribution in [0.15, 0.2) is 48.8 Å². The van der Waals surface area contributed by atoms with Crippen molar-refractivity contribution < 1.29 is 4.39 Å². The Kier molecular flexibility index (Phi) is 5.63. The number of nitrogens with one attached hydrogen (secondary N) is 1. The van der Waals surface area contributed by atoms with Gasteiger partial charge in [0, 0.05) is 37.7 Å². The summed E-state index contributed by atoms with van der Waals surface area (Å²) in [5, 5.41) is 3.21. The molecule has 1 aromatic carbocycles. The van der Waals surface area contributed by atoms with Crippen molar-refractivity contribution in [1.82, 2.24) is 15.0 Å². The van der Waals surface area contributed by atoms with Crippen molar-refractivity contribution in [3.8, 4) is 0 Å². The number of anilines is 3. The van der Waals surface area contributed by atoms with Crippen molar-refractivity contribution in [1.29, 1.82) is 0 Å². The van der Waals surface area contributed by atoms with Crippen LogP contribution in [-0.4, -0.2) is 28.5 Å². The summed E-state index contributed by atoms with van der Waals surface area (Å²) in [6, 6.07) is 10.3. The SMILES string of the molecule is Cc1nc(Nc2ccc(F)c(Cl)c2)cc(N(C)CCc2ccncc2)n1. The number of hydrogen-bond acceptors (Lipinski definition) is 5. The van der Waals surface area contributed by atoms with Gasteiger partial charge in [0.2, 0.25) is 0 Å². The van der Waals surface area contributed by atoms with Gasteiger partial charge in [0.1, 0.15) is 23.3 Å². The Morgan fingerprint density at radius 3 is 2.62 bits per heavy atom. The molecule has 2 aromatic heterocycles. The van der Waals surface area contributed by atoms with E-state index in [9.17, 15) is 4.39 Å². The third-order valence-corrected chi connectivity index (χ3v) is 4.18. The van der Waals surface area contributed by atoms with Gasteiger partial charge in [-0.05, 0) is 49.2 Å². The zero-order chi connectivity index (χ0) is 18.5. The molecule has 0 saturated carbocycles. The Bertz CT molecular complexity index is 888. The van der Waals surface area contributed by atoms with Crippen LogP contribution >= 0.6 is 11.6 Å². The normalized spacial score (nSPS) is 10.6. The van der Waals surface area contributed by atoms with Gasteiger partial charge in [-0.25, -0.2) is 14.4 Å². The van der Waals surface area contributed by atoms with E-state index in [4.69, 9.17) is 11.6 Å². The smallest absolute Gasteiger partial charge is 0.141 e. The molecule has 0 spiro atoms. The van der Waals surface area contributed by atoms with Gasteiger partial charge in [-0.1, -0.05) is 11.6 Å². The van der Waals surface area contributed by atoms with Crippen LogP contribution in [0, 0.1) is 12.7 Å². The van der Waals surface area contributed by atoms with Crippen molar-refractivity contribution in [2.75, 3.05) is 23.8 Å². The number of benzene rings is 1. The van der Waals surface area contributed by atoms with Gasteiger partial charge in [-0.2, -0.15) is 0 Å². The highest BCUT2D eigenvalue weighted by molar-refractivity contribution is 6.31. The molecule has 26 heavy (non-hydrogen) atoms. The number of rotatable bonds is 6. The predicted molar refractivity (Wildman–Crippen MR) is 103 cm³/mol. The van der Waals surface area contributed by atoms with E-state index in [1.165, 1.54) is 17.7 Å². The van der Waals surface area contributed by atoms with Crippen LogP contribution < -0.4 is 10.2 Å². The van der Waals surface area contributed by atoms with E-state index in [2.05, 4.69) is 25.2 Å². The molecule has 3 rings (SSSR count). The molecule has 0 bridgehead atoms. The van der Waals surface area contributed by atoms with E-state index < -0.39 is 5.82 Å². The average molecular weight is 372 g/mol. The predicted octanol–water partition coefficient (Wildman–Crippen LogP) is 4.40. The van der Waals surface area contributed by atoms with Gasteiger partial charge in [-0.3, -0.25) is 4.98 Å². The minimum absolute atomic E-state index is 0.0653. The quantitative estimate of drug-likeness (QED) is 0.696. The van der Waals surface area contributed by atoms with E-state index >= 15 is 0 Å². The van der Waals surface area contributed by atoms with Crippen LogP contribution in [0.3, 0.4) is 0 Å². The summed E-state index contributed by atoms with van der Waals surface area (Å²) in [6.45, 7) is 2.64. The zero-order valence-corrected chi connectivity index (χ0v) is 15.3. The maximum atomic E-state index is 13.3. The van der Waals surface area contributed by atoms with E-state index in [-0.39, 0.29) is 5.02 Å². The zero-order valence-electron chi connectivity index (χ0n) is 14.6. The first-order valence-corrected chi connectivity index (χ1v) is 8.57. The van der Waals surface area contributed by atoms with Crippen molar-refractivity contribution in [3.05, 3.63) is 71.0 Å². The number of hydrogen-bond donors (Lipinski definition) is 1. The van der Waals surface area contributed by atoms with Gasteiger partial charge in [0.05, 0.1) is 5.02 Å². The second-order valence-electron chi connectivity index (χ2n) is 5.94. The lowest BCUT2D eigenvalue weighted by Crippen LogP contribution is -2.22. The van der Waals surface area contributed by atoms with Crippen molar-refractivity contribution in [3.63, 3.8) is 0 Å². The van der Waals surface area contributed by atoms with Gasteiger partial charge >= 0.3 is 0 Å². The third-order valence-electron chi connectivity index (χ3n) is 3.89. The fourth-order valence-electron chi connectivity index (χ4n) is 2.49. The summed E-state index contributed by atoms with van der Waals surface area (Å²) in [4.78, 5) is 15.0. The standard InChI is InChI=1S/C19H19ClFN5/c1-13-23-18(25-15-3-4-17(21)16(20)11-15)12-19(24-13)26(2)10-7-14-5-8-22-9-6-14/h3-6,8-9,11-12H,7,10H2,1-2H3,(H,23,24,25). The molecular weight excluding hydrogens is 353 g/mol. The van der Waals surface area contributed by atoms with Crippen molar-refractivity contribution in [2.45, 2.75) is 13.3 Å². The van der Waals surface area contributed by atoms with Gasteiger partial charge in [-0.15, -0.1) is 0 Å². The maximum Gasteiger partial charge on any atom is 0.141 e. The first-order valence-electron chi connectivity index (χ1n) is 8.19. The van der Waals surface area contributed by atoms with Crippen LogP contribution in [0.25, 0.3) is 0 Å². The fourth-order valence-corrected chi connectivity index (χ4v) is 2.67. The second kappa shape index (κ2) is 8.10. The minimum Gasteiger partial charge on any atom is -0.359 e. The largest absolute Gasteiger partial charge is 0.359 e. The Hall–Kier alpha value is -2.73. The molecule has 134 valence electrons. The molecule has 0 aliphatic carbocycles. The van der Waals surface area contributed by atoms with E-state index in [1.807, 2.05) is 32.2 Å². The highest BCUT2D eigenvalue weighted by atomic mass is 35.5. The lowest BCUT2D eigenvalue weighted by Gasteiger charge is -2.19. The van der Waals surface area contributed by atoms with Crippen LogP contribution in [0.2, 0.25) is 5.02 Å². The Morgan fingerprint density at radius 1 is 1.12 bits per heavy atom. The maximum absolute atomic E-state index is 13.3. The molecule has 7 heteroatoms. The number of aromatic nitrogens is 3. The average Bonchev–Trinajstić information content (AvgIpc) is 2.63. The number of nitrogens with zero attached hydrogens (tertiary/aromatic N) is 4. The Balaban J connectivity index is 1.73. The molecule has 0 fully saturated rings. The van der Waals surface area contributed by atoms with Crippen LogP contribution in [-0.2, 0) is 6.42 Å². The first kappa shape index (κ1) is 18.1. The number of aryl methyl sites for hydroxylation is 1. The lowest BCUT2D eigenvalue weighted by molar-refractivity contribution is 0.628. The van der Waals surface area contributed by atoms with E-state index in [1.54, 1.807) is 18.5 Å². The summed E-state index contributed by atoms with van der Waals surface area (Å²) in [5.41, 5.74) is 1.89. The first-order chi connectivity index (χ1) is 12.5. The highest BCUT2D eigenvalue weighted by Crippen LogP contribution is 2.23. The molecule has 1 N–H and O–H groups in total. The Labute approximate surface area is 156 Å². The number of halogens is 2. The molecule has 0 atom stereocenters. The van der Waals surface area contributed by atoms with Gasteiger partial charge < -0.3 is 10.2 Å². The molecule has 0 saturated heterocycles. The van der Waals surface area contributed by atoms with Gasteiger partial charge in [0.25, 0.3) is 0 Å². The third kappa shape index (κ3) is 4.67. The lowest BCUT2D eigenvalue weighted by atomic mass is 10.2. The molecule has 0 radical (unpaired) electrons. The molecule has 0 aliphatic rings. The van der Waals surface area contributed by atoms with Gasteiger partial charge in [0.15, 0.2) is 0 Å². The highest BCUT2D eigenvalue weighted by Gasteiger charge is 2.08. The second-order valence-corrected chi connectivity index (χ2v) is 6.35. The molecule has 3 aromatic rings. The monoisotopic (exact) mass is 371 g/mol. The molecule has 0 amide bonds. The van der Waals surface area contributed by atoms with Crippen LogP contribution in [0.4, 0.5) is 21.7 Å². The molecule has 0 unspecified atom stereocenters. The van der Waals surface area contributed by atoms with Crippen molar-refractivity contribution >= 4 is 28.9 Å².